The molecule has 2 aromatic carbocycles. The van der Waals surface area contributed by atoms with Crippen LogP contribution in [0.15, 0.2) is 53.6 Å². The van der Waals surface area contributed by atoms with Gasteiger partial charge >= 0.3 is 0 Å². The minimum atomic E-state index is -0.189. The monoisotopic (exact) mass is 342 g/mol. The molecular weight excluding hydrogens is 324 g/mol. The smallest absolute Gasteiger partial charge is 0.242 e. The Kier molecular flexibility index (Phi) is 4.86. The van der Waals surface area contributed by atoms with Crippen LogP contribution in [0.5, 0.6) is 5.75 Å². The first-order chi connectivity index (χ1) is 11.7. The first-order valence-corrected chi connectivity index (χ1v) is 8.30. The van der Waals surface area contributed by atoms with Crippen LogP contribution in [0.25, 0.3) is 0 Å². The summed E-state index contributed by atoms with van der Waals surface area (Å²) >= 11 is 6.36. The van der Waals surface area contributed by atoms with Crippen LogP contribution in [0.1, 0.15) is 36.9 Å². The highest BCUT2D eigenvalue weighted by molar-refractivity contribution is 6.31. The van der Waals surface area contributed by atoms with Crippen LogP contribution in [0.3, 0.4) is 0 Å². The number of hydrogen-bond donors (Lipinski definition) is 0. The van der Waals surface area contributed by atoms with Crippen molar-refractivity contribution in [2.24, 2.45) is 5.10 Å². The lowest BCUT2D eigenvalue weighted by Crippen LogP contribution is -2.26. The van der Waals surface area contributed by atoms with Crippen molar-refractivity contribution in [3.8, 4) is 5.75 Å². The molecule has 0 bridgehead atoms. The molecule has 0 aliphatic carbocycles. The van der Waals surface area contributed by atoms with Gasteiger partial charge in [-0.05, 0) is 23.8 Å². The van der Waals surface area contributed by atoms with Gasteiger partial charge in [0.2, 0.25) is 5.91 Å². The largest absolute Gasteiger partial charge is 0.496 e. The number of hydrogen-bond acceptors (Lipinski definition) is 3. The van der Waals surface area contributed by atoms with Gasteiger partial charge in [-0.1, -0.05) is 48.9 Å². The summed E-state index contributed by atoms with van der Waals surface area (Å²) in [6, 6.07) is 15.1. The van der Waals surface area contributed by atoms with Gasteiger partial charge in [0.15, 0.2) is 0 Å². The Morgan fingerprint density at radius 1 is 1.25 bits per heavy atom. The Morgan fingerprint density at radius 3 is 2.67 bits per heavy atom. The van der Waals surface area contributed by atoms with Gasteiger partial charge in [-0.25, -0.2) is 5.01 Å². The molecule has 0 saturated carbocycles. The average Bonchev–Trinajstić information content (AvgIpc) is 3.06. The molecule has 4 nitrogen and oxygen atoms in total. The van der Waals surface area contributed by atoms with Gasteiger partial charge in [-0.15, -0.1) is 0 Å². The molecule has 24 heavy (non-hydrogen) atoms. The van der Waals surface area contributed by atoms with Gasteiger partial charge in [0, 0.05) is 23.4 Å². The number of ether oxygens (including phenoxy) is 1. The maximum atomic E-state index is 12.4. The normalized spacial score (nSPS) is 16.9. The second kappa shape index (κ2) is 7.05. The molecule has 1 aliphatic rings. The molecular formula is C19H19ClN2O2. The summed E-state index contributed by atoms with van der Waals surface area (Å²) in [6.45, 7) is 1.84. The van der Waals surface area contributed by atoms with E-state index in [-0.39, 0.29) is 11.9 Å². The minimum absolute atomic E-state index is 0.0233. The van der Waals surface area contributed by atoms with E-state index in [0.29, 0.717) is 17.9 Å². The number of methoxy groups -OCH3 is 1. The Morgan fingerprint density at radius 2 is 1.96 bits per heavy atom. The molecule has 1 aliphatic heterocycles. The highest BCUT2D eigenvalue weighted by Gasteiger charge is 2.34. The van der Waals surface area contributed by atoms with Gasteiger partial charge < -0.3 is 4.74 Å². The van der Waals surface area contributed by atoms with Crippen molar-refractivity contribution in [3.05, 3.63) is 64.7 Å². The Balaban J connectivity index is 2.02. The first-order valence-electron chi connectivity index (χ1n) is 7.93. The minimum Gasteiger partial charge on any atom is -0.496 e. The van der Waals surface area contributed by atoms with E-state index in [1.54, 1.807) is 12.1 Å². The molecule has 0 radical (unpaired) electrons. The molecule has 5 heteroatoms. The fraction of sp³-hybridized carbons (Fsp3) is 0.263. The highest BCUT2D eigenvalue weighted by atomic mass is 35.5. The fourth-order valence-electron chi connectivity index (χ4n) is 2.94. The molecule has 3 rings (SSSR count). The molecule has 2 aromatic rings. The predicted molar refractivity (Wildman–Crippen MR) is 95.5 cm³/mol. The van der Waals surface area contributed by atoms with Crippen molar-refractivity contribution in [2.45, 2.75) is 25.8 Å². The lowest BCUT2D eigenvalue weighted by molar-refractivity contribution is -0.132. The Hall–Kier alpha value is -2.33. The molecule has 0 unspecified atom stereocenters. The van der Waals surface area contributed by atoms with Crippen LogP contribution in [0, 0.1) is 0 Å². The van der Waals surface area contributed by atoms with Crippen molar-refractivity contribution in [1.29, 1.82) is 0 Å². The summed E-state index contributed by atoms with van der Waals surface area (Å²) in [6.07, 6.45) is 1.000. The van der Waals surface area contributed by atoms with Gasteiger partial charge in [0.05, 0.1) is 18.9 Å². The molecule has 0 saturated heterocycles. The topological polar surface area (TPSA) is 41.9 Å². The van der Waals surface area contributed by atoms with Crippen LogP contribution in [0.2, 0.25) is 5.02 Å². The van der Waals surface area contributed by atoms with Crippen molar-refractivity contribution in [1.82, 2.24) is 5.01 Å². The number of amides is 1. The number of nitrogens with zero attached hydrogens (tertiary/aromatic N) is 2. The van der Waals surface area contributed by atoms with E-state index in [1.807, 2.05) is 55.5 Å². The second-order valence-electron chi connectivity index (χ2n) is 5.58. The third-order valence-corrected chi connectivity index (χ3v) is 4.49. The van der Waals surface area contributed by atoms with Gasteiger partial charge in [-0.3, -0.25) is 4.79 Å². The number of hydrazone groups is 1. The molecule has 124 valence electrons. The number of rotatable bonds is 4. The summed E-state index contributed by atoms with van der Waals surface area (Å²) in [5, 5.41) is 6.80. The van der Waals surface area contributed by atoms with Crippen molar-refractivity contribution >= 4 is 23.2 Å². The van der Waals surface area contributed by atoms with Crippen molar-refractivity contribution in [2.75, 3.05) is 7.11 Å². The van der Waals surface area contributed by atoms with E-state index in [4.69, 9.17) is 16.3 Å². The fourth-order valence-corrected chi connectivity index (χ4v) is 3.20. The van der Waals surface area contributed by atoms with Crippen LogP contribution < -0.4 is 4.74 Å². The molecule has 1 atom stereocenters. The van der Waals surface area contributed by atoms with E-state index in [0.717, 1.165) is 22.6 Å². The number of halogens is 1. The van der Waals surface area contributed by atoms with E-state index in [1.165, 1.54) is 0 Å². The average molecular weight is 343 g/mol. The molecule has 1 amide bonds. The molecule has 0 aromatic heterocycles. The third kappa shape index (κ3) is 3.02. The highest BCUT2D eigenvalue weighted by Crippen LogP contribution is 2.37. The summed E-state index contributed by atoms with van der Waals surface area (Å²) in [5.74, 6) is 0.727. The number of para-hydroxylation sites is 1. The Bertz CT molecular complexity index is 788. The second-order valence-corrected chi connectivity index (χ2v) is 5.99. The summed E-state index contributed by atoms with van der Waals surface area (Å²) < 4.78 is 5.43. The predicted octanol–water partition coefficient (Wildman–Crippen LogP) is 4.44. The first kappa shape index (κ1) is 16.5. The van der Waals surface area contributed by atoms with E-state index < -0.39 is 0 Å². The summed E-state index contributed by atoms with van der Waals surface area (Å²) in [5.41, 5.74) is 2.65. The molecule has 0 fully saturated rings. The van der Waals surface area contributed by atoms with Crippen molar-refractivity contribution in [3.63, 3.8) is 0 Å². The molecule has 1 heterocycles. The van der Waals surface area contributed by atoms with Crippen LogP contribution in [-0.2, 0) is 4.79 Å². The van der Waals surface area contributed by atoms with E-state index in [2.05, 4.69) is 5.10 Å². The molecule has 0 spiro atoms. The van der Waals surface area contributed by atoms with Crippen LogP contribution in [-0.4, -0.2) is 23.7 Å². The van der Waals surface area contributed by atoms with Gasteiger partial charge in [0.25, 0.3) is 0 Å². The maximum absolute atomic E-state index is 12.4. The third-order valence-electron chi connectivity index (χ3n) is 4.15. The summed E-state index contributed by atoms with van der Waals surface area (Å²) in [7, 11) is 1.63. The lowest BCUT2D eigenvalue weighted by atomic mass is 9.98. The van der Waals surface area contributed by atoms with Crippen molar-refractivity contribution < 1.29 is 9.53 Å². The lowest BCUT2D eigenvalue weighted by Gasteiger charge is -2.22. The molecule has 0 N–H and O–H groups in total. The van der Waals surface area contributed by atoms with Crippen LogP contribution in [0.4, 0.5) is 0 Å². The maximum Gasteiger partial charge on any atom is 0.242 e. The Labute approximate surface area is 146 Å². The number of carbonyl (C=O) groups excluding carboxylic acids is 1. The quantitative estimate of drug-likeness (QED) is 0.824. The zero-order valence-electron chi connectivity index (χ0n) is 13.7. The number of carbonyl (C=O) groups is 1. The number of benzene rings is 2. The SMILES string of the molecule is CCC(=O)N1N=C(c2ccccc2OC)C[C@@H]1c1ccccc1Cl. The van der Waals surface area contributed by atoms with Gasteiger partial charge in [-0.2, -0.15) is 5.10 Å². The van der Waals surface area contributed by atoms with E-state index >= 15 is 0 Å². The standard InChI is InChI=1S/C19H19ClN2O2/c1-3-19(23)22-17(13-8-4-6-10-15(13)20)12-16(21-22)14-9-5-7-11-18(14)24-2/h4-11,17H,3,12H2,1-2H3/t17-/m1/s1. The van der Waals surface area contributed by atoms with E-state index in [9.17, 15) is 4.79 Å². The zero-order valence-corrected chi connectivity index (χ0v) is 14.5. The van der Waals surface area contributed by atoms with Gasteiger partial charge in [0.1, 0.15) is 5.75 Å². The van der Waals surface area contributed by atoms with Crippen LogP contribution >= 0.6 is 11.6 Å². The zero-order chi connectivity index (χ0) is 17.1. The summed E-state index contributed by atoms with van der Waals surface area (Å²) in [4.78, 5) is 12.4.